The number of ketones is 2. The average molecular weight is 460 g/mol. The lowest BCUT2D eigenvalue weighted by Gasteiger charge is -2.31. The number of hydrogen-bond acceptors (Lipinski definition) is 3. The van der Waals surface area contributed by atoms with Gasteiger partial charge in [0.1, 0.15) is 6.04 Å². The van der Waals surface area contributed by atoms with Crippen LogP contribution in [0, 0.1) is 0 Å². The van der Waals surface area contributed by atoms with Crippen LogP contribution in [0.2, 0.25) is 0 Å². The van der Waals surface area contributed by atoms with Crippen LogP contribution in [0.15, 0.2) is 101 Å². The second-order valence-electron chi connectivity index (χ2n) is 7.47. The van der Waals surface area contributed by atoms with Gasteiger partial charge >= 0.3 is 0 Å². The third-order valence-electron chi connectivity index (χ3n) is 5.63. The minimum absolute atomic E-state index is 0.00388. The zero-order chi connectivity index (χ0) is 21.3. The first-order chi connectivity index (χ1) is 14.5. The van der Waals surface area contributed by atoms with Gasteiger partial charge in [-0.15, -0.1) is 0 Å². The molecular formula is C26H22BrNO2. The molecule has 30 heavy (non-hydrogen) atoms. The number of benzene rings is 3. The molecule has 3 aromatic carbocycles. The Balaban J connectivity index is 1.92. The fraction of sp³-hybridized carbons (Fsp3) is 0.154. The smallest absolute Gasteiger partial charge is 0.186 e. The van der Waals surface area contributed by atoms with E-state index in [2.05, 4.69) is 15.9 Å². The summed E-state index contributed by atoms with van der Waals surface area (Å²) in [7, 11) is 0. The topological polar surface area (TPSA) is 37.4 Å². The van der Waals surface area contributed by atoms with E-state index in [9.17, 15) is 9.59 Å². The van der Waals surface area contributed by atoms with Crippen molar-refractivity contribution in [2.75, 3.05) is 4.90 Å². The summed E-state index contributed by atoms with van der Waals surface area (Å²) >= 11 is 3.44. The highest BCUT2D eigenvalue weighted by Crippen LogP contribution is 2.45. The average Bonchev–Trinajstić information content (AvgIpc) is 3.08. The SMILES string of the molecule is CC(=O)C1=C(C)N(c2ccccc2)C(C(=O)c2ccc(Br)cc2)C1c1ccccc1. The summed E-state index contributed by atoms with van der Waals surface area (Å²) in [6.45, 7) is 3.53. The Labute approximate surface area is 185 Å². The number of para-hydroxylation sites is 1. The van der Waals surface area contributed by atoms with Crippen LogP contribution in [0.5, 0.6) is 0 Å². The van der Waals surface area contributed by atoms with E-state index in [4.69, 9.17) is 0 Å². The fourth-order valence-electron chi connectivity index (χ4n) is 4.35. The van der Waals surface area contributed by atoms with Crippen LogP contribution < -0.4 is 4.90 Å². The molecule has 0 aliphatic carbocycles. The Morgan fingerprint density at radius 1 is 0.833 bits per heavy atom. The van der Waals surface area contributed by atoms with Crippen molar-refractivity contribution in [1.82, 2.24) is 0 Å². The minimum atomic E-state index is -0.533. The van der Waals surface area contributed by atoms with Gasteiger partial charge in [0.05, 0.1) is 0 Å². The fourth-order valence-corrected chi connectivity index (χ4v) is 4.61. The van der Waals surface area contributed by atoms with E-state index >= 15 is 0 Å². The van der Waals surface area contributed by atoms with E-state index in [1.54, 1.807) is 6.92 Å². The zero-order valence-corrected chi connectivity index (χ0v) is 18.5. The van der Waals surface area contributed by atoms with Gasteiger partial charge in [0.15, 0.2) is 11.6 Å². The van der Waals surface area contributed by atoms with E-state index < -0.39 is 6.04 Å². The molecule has 1 aliphatic rings. The summed E-state index contributed by atoms with van der Waals surface area (Å²) < 4.78 is 0.920. The Kier molecular flexibility index (Phi) is 5.69. The molecule has 0 aromatic heterocycles. The molecule has 2 unspecified atom stereocenters. The molecule has 0 spiro atoms. The van der Waals surface area contributed by atoms with E-state index in [0.717, 1.165) is 21.4 Å². The maximum Gasteiger partial charge on any atom is 0.186 e. The van der Waals surface area contributed by atoms with Crippen LogP contribution in [0.25, 0.3) is 0 Å². The number of rotatable bonds is 5. The van der Waals surface area contributed by atoms with Gasteiger partial charge < -0.3 is 4.90 Å². The highest BCUT2D eigenvalue weighted by Gasteiger charge is 2.46. The van der Waals surface area contributed by atoms with Gasteiger partial charge in [-0.05, 0) is 43.7 Å². The number of nitrogens with zero attached hydrogens (tertiary/aromatic N) is 1. The van der Waals surface area contributed by atoms with Gasteiger partial charge in [-0.1, -0.05) is 76.6 Å². The van der Waals surface area contributed by atoms with Crippen molar-refractivity contribution in [3.63, 3.8) is 0 Å². The van der Waals surface area contributed by atoms with Crippen molar-refractivity contribution in [3.8, 4) is 0 Å². The Morgan fingerprint density at radius 3 is 1.97 bits per heavy atom. The predicted octanol–water partition coefficient (Wildman–Crippen LogP) is 6.17. The lowest BCUT2D eigenvalue weighted by atomic mass is 9.82. The molecule has 0 saturated heterocycles. The first kappa shape index (κ1) is 20.3. The first-order valence-corrected chi connectivity index (χ1v) is 10.7. The molecule has 0 radical (unpaired) electrons. The number of carbonyl (C=O) groups is 2. The Hall–Kier alpha value is -2.98. The molecule has 150 valence electrons. The monoisotopic (exact) mass is 459 g/mol. The third-order valence-corrected chi connectivity index (χ3v) is 6.15. The number of hydrogen-bond donors (Lipinski definition) is 0. The molecule has 3 nitrogen and oxygen atoms in total. The lowest BCUT2D eigenvalue weighted by Crippen LogP contribution is -2.40. The van der Waals surface area contributed by atoms with Crippen molar-refractivity contribution in [3.05, 3.63) is 112 Å². The molecular weight excluding hydrogens is 438 g/mol. The van der Waals surface area contributed by atoms with Crippen molar-refractivity contribution in [1.29, 1.82) is 0 Å². The highest BCUT2D eigenvalue weighted by molar-refractivity contribution is 9.10. The summed E-state index contributed by atoms with van der Waals surface area (Å²) in [5.41, 5.74) is 4.03. The second kappa shape index (κ2) is 8.41. The van der Waals surface area contributed by atoms with Crippen molar-refractivity contribution in [2.45, 2.75) is 25.8 Å². The van der Waals surface area contributed by atoms with Crippen LogP contribution in [-0.2, 0) is 4.79 Å². The van der Waals surface area contributed by atoms with Crippen LogP contribution in [0.4, 0.5) is 5.69 Å². The molecule has 2 atom stereocenters. The van der Waals surface area contributed by atoms with Crippen LogP contribution in [0.1, 0.15) is 35.7 Å². The van der Waals surface area contributed by atoms with Crippen LogP contribution in [0.3, 0.4) is 0 Å². The van der Waals surface area contributed by atoms with Crippen LogP contribution >= 0.6 is 15.9 Å². The van der Waals surface area contributed by atoms with Crippen molar-refractivity contribution >= 4 is 33.2 Å². The normalized spacial score (nSPS) is 18.6. The van der Waals surface area contributed by atoms with Crippen molar-refractivity contribution < 1.29 is 9.59 Å². The third kappa shape index (κ3) is 3.63. The van der Waals surface area contributed by atoms with E-state index in [-0.39, 0.29) is 17.5 Å². The van der Waals surface area contributed by atoms with Gasteiger partial charge in [0.2, 0.25) is 0 Å². The summed E-state index contributed by atoms with van der Waals surface area (Å²) in [4.78, 5) is 28.6. The van der Waals surface area contributed by atoms with Crippen molar-refractivity contribution in [2.24, 2.45) is 0 Å². The molecule has 1 heterocycles. The molecule has 0 N–H and O–H groups in total. The molecule has 0 amide bonds. The van der Waals surface area contributed by atoms with E-state index in [0.29, 0.717) is 11.1 Å². The quantitative estimate of drug-likeness (QED) is 0.428. The number of halogens is 1. The van der Waals surface area contributed by atoms with E-state index in [1.165, 1.54) is 0 Å². The molecule has 4 rings (SSSR count). The number of carbonyl (C=O) groups excluding carboxylic acids is 2. The number of Topliss-reactive ketones (excluding diaryl/α,β-unsaturated/α-hetero) is 2. The maximum atomic E-state index is 13.8. The largest absolute Gasteiger partial charge is 0.333 e. The minimum Gasteiger partial charge on any atom is -0.333 e. The molecule has 0 fully saturated rings. The Bertz CT molecular complexity index is 1100. The molecule has 4 heteroatoms. The maximum absolute atomic E-state index is 13.8. The van der Waals surface area contributed by atoms with Gasteiger partial charge in [-0.25, -0.2) is 0 Å². The Morgan fingerprint density at radius 2 is 1.40 bits per heavy atom. The van der Waals surface area contributed by atoms with Gasteiger partial charge in [-0.3, -0.25) is 9.59 Å². The lowest BCUT2D eigenvalue weighted by molar-refractivity contribution is -0.113. The predicted molar refractivity (Wildman–Crippen MR) is 124 cm³/mol. The number of allylic oxidation sites excluding steroid dienone is 1. The zero-order valence-electron chi connectivity index (χ0n) is 16.9. The molecule has 1 aliphatic heterocycles. The molecule has 3 aromatic rings. The summed E-state index contributed by atoms with van der Waals surface area (Å²) in [6.07, 6.45) is 0. The van der Waals surface area contributed by atoms with Gasteiger partial charge in [0.25, 0.3) is 0 Å². The standard InChI is InChI=1S/C26H22BrNO2/c1-17-23(18(2)29)24(19-9-5-3-6-10-19)25(28(17)22-11-7-4-8-12-22)26(30)20-13-15-21(27)16-14-20/h3-16,24-25H,1-2H3. The summed E-state index contributed by atoms with van der Waals surface area (Å²) in [5, 5.41) is 0. The summed E-state index contributed by atoms with van der Waals surface area (Å²) in [5.74, 6) is -0.343. The highest BCUT2D eigenvalue weighted by atomic mass is 79.9. The van der Waals surface area contributed by atoms with Gasteiger partial charge in [-0.2, -0.15) is 0 Å². The summed E-state index contributed by atoms with van der Waals surface area (Å²) in [6, 6.07) is 26.5. The number of anilines is 1. The first-order valence-electron chi connectivity index (χ1n) is 9.89. The second-order valence-corrected chi connectivity index (χ2v) is 8.38. The molecule has 0 saturated carbocycles. The van der Waals surface area contributed by atoms with Crippen LogP contribution in [-0.4, -0.2) is 17.6 Å². The molecule has 0 bridgehead atoms. The van der Waals surface area contributed by atoms with E-state index in [1.807, 2.05) is 96.8 Å². The van der Waals surface area contributed by atoms with Gasteiger partial charge in [0, 0.05) is 32.9 Å².